The average molecular weight is 344 g/mol. The van der Waals surface area contributed by atoms with E-state index in [1.54, 1.807) is 11.9 Å². The maximum atomic E-state index is 12.6. The molecule has 1 aromatic carbocycles. The highest BCUT2D eigenvalue weighted by molar-refractivity contribution is 7.15. The van der Waals surface area contributed by atoms with Crippen molar-refractivity contribution >= 4 is 34.8 Å². The molecule has 0 radical (unpaired) electrons. The van der Waals surface area contributed by atoms with Gasteiger partial charge in [-0.3, -0.25) is 9.59 Å². The number of nitrogens with zero attached hydrogens (tertiary/aromatic N) is 2. The molecule has 6 nitrogen and oxygen atoms in total. The average Bonchev–Trinajstić information content (AvgIpc) is 3.21. The molecule has 124 valence electrons. The van der Waals surface area contributed by atoms with Crippen molar-refractivity contribution in [2.75, 3.05) is 18.5 Å². The number of thiophene rings is 1. The number of benzene rings is 1. The first-order chi connectivity index (χ1) is 11.5. The predicted molar refractivity (Wildman–Crippen MR) is 90.6 cm³/mol. The van der Waals surface area contributed by atoms with E-state index in [1.165, 1.54) is 17.0 Å². The van der Waals surface area contributed by atoms with Crippen LogP contribution in [0.4, 0.5) is 5.69 Å². The van der Waals surface area contributed by atoms with Crippen LogP contribution in [0.5, 0.6) is 0 Å². The molecule has 3 rings (SSSR count). The van der Waals surface area contributed by atoms with E-state index in [2.05, 4.69) is 0 Å². The second-order valence-electron chi connectivity index (χ2n) is 5.52. The number of carboxylic acids is 1. The molecule has 0 unspecified atom stereocenters. The van der Waals surface area contributed by atoms with Crippen LogP contribution in [0.25, 0.3) is 0 Å². The number of hydrogen-bond donors (Lipinski definition) is 1. The van der Waals surface area contributed by atoms with E-state index >= 15 is 0 Å². The summed E-state index contributed by atoms with van der Waals surface area (Å²) in [4.78, 5) is 39.6. The molecule has 2 amide bonds. The predicted octanol–water partition coefficient (Wildman–Crippen LogP) is 2.32. The van der Waals surface area contributed by atoms with Gasteiger partial charge in [0.05, 0.1) is 4.88 Å². The molecule has 2 aromatic rings. The number of para-hydroxylation sites is 1. The monoisotopic (exact) mass is 344 g/mol. The molecule has 1 aromatic heterocycles. The van der Waals surface area contributed by atoms with Gasteiger partial charge in [0.2, 0.25) is 5.91 Å². The van der Waals surface area contributed by atoms with Gasteiger partial charge in [0.15, 0.2) is 0 Å². The third kappa shape index (κ3) is 2.90. The number of rotatable bonds is 4. The highest BCUT2D eigenvalue weighted by atomic mass is 32.1. The Morgan fingerprint density at radius 1 is 1.17 bits per heavy atom. The second kappa shape index (κ2) is 6.45. The van der Waals surface area contributed by atoms with E-state index in [4.69, 9.17) is 5.11 Å². The van der Waals surface area contributed by atoms with Crippen LogP contribution in [0.2, 0.25) is 0 Å². The molecular weight excluding hydrogens is 328 g/mol. The van der Waals surface area contributed by atoms with Crippen molar-refractivity contribution in [2.24, 2.45) is 0 Å². The minimum absolute atomic E-state index is 0.107. The lowest BCUT2D eigenvalue weighted by Gasteiger charge is -2.23. The molecule has 1 aliphatic rings. The highest BCUT2D eigenvalue weighted by Crippen LogP contribution is 2.26. The molecule has 1 saturated heterocycles. The minimum atomic E-state index is -1.06. The van der Waals surface area contributed by atoms with Crippen molar-refractivity contribution in [1.82, 2.24) is 4.90 Å². The number of carboxylic acid groups (broad SMARTS) is 1. The zero-order valence-corrected chi connectivity index (χ0v) is 13.8. The quantitative estimate of drug-likeness (QED) is 0.923. The van der Waals surface area contributed by atoms with Gasteiger partial charge < -0.3 is 14.9 Å². The fourth-order valence-electron chi connectivity index (χ4n) is 2.77. The van der Waals surface area contributed by atoms with Crippen LogP contribution in [-0.4, -0.2) is 47.4 Å². The summed E-state index contributed by atoms with van der Waals surface area (Å²) in [6, 6.07) is 11.7. The number of likely N-dealkylation sites (N-methyl/N-ethyl adjacent to an activating group) is 1. The van der Waals surface area contributed by atoms with Gasteiger partial charge in [-0.15, -0.1) is 11.3 Å². The minimum Gasteiger partial charge on any atom is -0.477 e. The van der Waals surface area contributed by atoms with E-state index in [1.807, 2.05) is 30.3 Å². The summed E-state index contributed by atoms with van der Waals surface area (Å²) in [6.45, 7) is 0.552. The molecule has 7 heteroatoms. The summed E-state index contributed by atoms with van der Waals surface area (Å²) in [5.41, 5.74) is 0.815. The Morgan fingerprint density at radius 2 is 1.83 bits per heavy atom. The smallest absolute Gasteiger partial charge is 0.345 e. The number of anilines is 1. The van der Waals surface area contributed by atoms with Crippen molar-refractivity contribution in [3.8, 4) is 0 Å². The highest BCUT2D eigenvalue weighted by Gasteiger charge is 2.37. The molecular formula is C17H16N2O4S. The third-order valence-corrected chi connectivity index (χ3v) is 5.12. The fourth-order valence-corrected chi connectivity index (χ4v) is 3.60. The van der Waals surface area contributed by atoms with Crippen LogP contribution in [0.15, 0.2) is 42.5 Å². The fraction of sp³-hybridized carbons (Fsp3) is 0.235. The van der Waals surface area contributed by atoms with Gasteiger partial charge in [0.25, 0.3) is 5.91 Å². The summed E-state index contributed by atoms with van der Waals surface area (Å²) in [7, 11) is 1.58. The van der Waals surface area contributed by atoms with Crippen LogP contribution >= 0.6 is 11.3 Å². The number of carbonyl (C=O) groups excluding carboxylic acids is 2. The van der Waals surface area contributed by atoms with Crippen LogP contribution in [0.3, 0.4) is 0 Å². The summed E-state index contributed by atoms with van der Waals surface area (Å²) in [5.74, 6) is -1.51. The number of carbonyl (C=O) groups is 3. The topological polar surface area (TPSA) is 77.9 Å². The first kappa shape index (κ1) is 16.2. The van der Waals surface area contributed by atoms with Gasteiger partial charge in [-0.05, 0) is 30.7 Å². The van der Waals surface area contributed by atoms with E-state index in [-0.39, 0.29) is 16.7 Å². The first-order valence-electron chi connectivity index (χ1n) is 7.45. The third-order valence-electron chi connectivity index (χ3n) is 4.06. The van der Waals surface area contributed by atoms with Crippen molar-refractivity contribution in [2.45, 2.75) is 12.5 Å². The van der Waals surface area contributed by atoms with Crippen molar-refractivity contribution in [3.05, 3.63) is 52.2 Å². The van der Waals surface area contributed by atoms with Crippen LogP contribution in [-0.2, 0) is 4.79 Å². The number of hydrogen-bond acceptors (Lipinski definition) is 4. The lowest BCUT2D eigenvalue weighted by atomic mass is 10.2. The normalized spacial score (nSPS) is 17.1. The molecule has 2 heterocycles. The zero-order valence-electron chi connectivity index (χ0n) is 13.0. The number of aromatic carboxylic acids is 1. The van der Waals surface area contributed by atoms with Gasteiger partial charge in [-0.25, -0.2) is 4.79 Å². The van der Waals surface area contributed by atoms with E-state index in [0.29, 0.717) is 17.8 Å². The maximum absolute atomic E-state index is 12.6. The van der Waals surface area contributed by atoms with Gasteiger partial charge in [0, 0.05) is 19.3 Å². The molecule has 1 fully saturated rings. The van der Waals surface area contributed by atoms with Crippen LogP contribution in [0, 0.1) is 0 Å². The molecule has 0 spiro atoms. The lowest BCUT2D eigenvalue weighted by molar-refractivity contribution is -0.120. The largest absolute Gasteiger partial charge is 0.477 e. The summed E-state index contributed by atoms with van der Waals surface area (Å²) in [6.07, 6.45) is 0.549. The molecule has 1 N–H and O–H groups in total. The Balaban J connectivity index is 1.75. The molecule has 0 bridgehead atoms. The Labute approximate surface area is 142 Å². The van der Waals surface area contributed by atoms with Crippen molar-refractivity contribution in [1.29, 1.82) is 0 Å². The Hall–Kier alpha value is -2.67. The number of amides is 2. The molecule has 1 atom stereocenters. The Bertz CT molecular complexity index is 787. The van der Waals surface area contributed by atoms with Crippen molar-refractivity contribution in [3.63, 3.8) is 0 Å². The van der Waals surface area contributed by atoms with E-state index in [9.17, 15) is 14.4 Å². The van der Waals surface area contributed by atoms with Gasteiger partial charge in [-0.1, -0.05) is 18.2 Å². The molecule has 1 aliphatic heterocycles. The zero-order chi connectivity index (χ0) is 17.3. The van der Waals surface area contributed by atoms with Gasteiger partial charge in [0.1, 0.15) is 10.9 Å². The maximum Gasteiger partial charge on any atom is 0.345 e. The van der Waals surface area contributed by atoms with Crippen LogP contribution < -0.4 is 4.90 Å². The second-order valence-corrected chi connectivity index (χ2v) is 6.60. The molecule has 24 heavy (non-hydrogen) atoms. The standard InChI is InChI=1S/C17H16N2O4S/c1-18(16(21)13-7-8-14(24-13)17(22)23)12-9-10-19(15(12)20)11-5-3-2-4-6-11/h2-8,12H,9-10H2,1H3,(H,22,23)/t12-/m0/s1. The summed E-state index contributed by atoms with van der Waals surface area (Å²) in [5, 5.41) is 8.96. The van der Waals surface area contributed by atoms with E-state index in [0.717, 1.165) is 17.0 Å². The SMILES string of the molecule is CN(C(=O)c1ccc(C(=O)O)s1)[C@H]1CCN(c2ccccc2)C1=O. The van der Waals surface area contributed by atoms with E-state index < -0.39 is 12.0 Å². The summed E-state index contributed by atoms with van der Waals surface area (Å²) >= 11 is 0.919. The first-order valence-corrected chi connectivity index (χ1v) is 8.27. The Kier molecular flexibility index (Phi) is 4.35. The molecule has 0 aliphatic carbocycles. The summed E-state index contributed by atoms with van der Waals surface area (Å²) < 4.78 is 0. The van der Waals surface area contributed by atoms with Gasteiger partial charge in [-0.2, -0.15) is 0 Å². The van der Waals surface area contributed by atoms with Crippen LogP contribution in [0.1, 0.15) is 25.8 Å². The van der Waals surface area contributed by atoms with Crippen molar-refractivity contribution < 1.29 is 19.5 Å². The Morgan fingerprint density at radius 3 is 2.46 bits per heavy atom. The molecule has 0 saturated carbocycles. The van der Waals surface area contributed by atoms with Gasteiger partial charge >= 0.3 is 5.97 Å². The lowest BCUT2D eigenvalue weighted by Crippen LogP contribution is -2.42.